The predicted molar refractivity (Wildman–Crippen MR) is 102 cm³/mol. The van der Waals surface area contributed by atoms with Crippen LogP contribution in [0.2, 0.25) is 0 Å². The molecule has 0 amide bonds. The van der Waals surface area contributed by atoms with Gasteiger partial charge in [-0.15, -0.1) is 0 Å². The zero-order valence-electron chi connectivity index (χ0n) is 14.8. The van der Waals surface area contributed by atoms with Gasteiger partial charge in [0.1, 0.15) is 5.82 Å². The van der Waals surface area contributed by atoms with Crippen LogP contribution in [0.4, 0.5) is 17.2 Å². The molecule has 2 aromatic carbocycles. The molecule has 9 nitrogen and oxygen atoms in total. The molecule has 0 aliphatic heterocycles. The van der Waals surface area contributed by atoms with Gasteiger partial charge in [0.15, 0.2) is 0 Å². The summed E-state index contributed by atoms with van der Waals surface area (Å²) in [6, 6.07) is 13.8. The summed E-state index contributed by atoms with van der Waals surface area (Å²) in [5.41, 5.74) is -0.0382. The van der Waals surface area contributed by atoms with E-state index in [1.54, 1.807) is 12.1 Å². The number of hydrogen-bond donors (Lipinski definition) is 1. The SMILES string of the molecule is O=C([O-])c1cc(N=Nc2ccc(S(=O)(=O)Nc3ccccn3)cc2)ccc1[O-].[Mg+2]. The number of azo groups is 1. The van der Waals surface area contributed by atoms with Crippen molar-refractivity contribution < 1.29 is 23.4 Å². The number of carbonyl (C=O) groups excluding carboxylic acids is 1. The summed E-state index contributed by atoms with van der Waals surface area (Å²) < 4.78 is 27.0. The Morgan fingerprint density at radius 2 is 1.62 bits per heavy atom. The van der Waals surface area contributed by atoms with Gasteiger partial charge >= 0.3 is 23.1 Å². The molecule has 0 fully saturated rings. The van der Waals surface area contributed by atoms with Gasteiger partial charge in [0, 0.05) is 6.20 Å². The number of hydrogen-bond acceptors (Lipinski definition) is 8. The molecule has 0 aliphatic rings. The van der Waals surface area contributed by atoms with E-state index in [1.807, 2.05) is 0 Å². The molecule has 0 radical (unpaired) electrons. The monoisotopic (exact) mass is 420 g/mol. The molecule has 1 N–H and O–H groups in total. The number of nitrogens with zero attached hydrogens (tertiary/aromatic N) is 3. The van der Waals surface area contributed by atoms with E-state index in [0.29, 0.717) is 5.69 Å². The maximum atomic E-state index is 12.3. The number of carboxylic acids is 1. The molecule has 1 aromatic heterocycles. The normalized spacial score (nSPS) is 11.0. The Kier molecular flexibility index (Phi) is 7.26. The van der Waals surface area contributed by atoms with E-state index in [4.69, 9.17) is 0 Å². The molecule has 0 saturated heterocycles. The first-order valence-electron chi connectivity index (χ1n) is 7.83. The molecule has 11 heteroatoms. The van der Waals surface area contributed by atoms with Gasteiger partial charge in [0.05, 0.1) is 22.2 Å². The van der Waals surface area contributed by atoms with Crippen LogP contribution in [0.3, 0.4) is 0 Å². The summed E-state index contributed by atoms with van der Waals surface area (Å²) >= 11 is 0. The van der Waals surface area contributed by atoms with Crippen molar-refractivity contribution in [1.82, 2.24) is 4.98 Å². The first-order chi connectivity index (χ1) is 13.3. The maximum absolute atomic E-state index is 12.3. The minimum atomic E-state index is -3.81. The standard InChI is InChI=1S/C18H14N4O5S.Mg/c23-16-9-6-13(11-15(16)18(24)25)21-20-12-4-7-14(8-5-12)28(26,27)22-17-3-1-2-10-19-17;/h1-11,23H,(H,19,22)(H,24,25);/q;+2/p-2. The summed E-state index contributed by atoms with van der Waals surface area (Å²) in [6.07, 6.45) is 1.46. The molecule has 0 aliphatic carbocycles. The van der Waals surface area contributed by atoms with Crippen LogP contribution in [0.15, 0.2) is 82.0 Å². The third-order valence-electron chi connectivity index (χ3n) is 3.51. The van der Waals surface area contributed by atoms with Gasteiger partial charge in [-0.3, -0.25) is 4.72 Å². The van der Waals surface area contributed by atoms with Crippen LogP contribution in [0.1, 0.15) is 10.4 Å². The van der Waals surface area contributed by atoms with Crippen molar-refractivity contribution in [3.63, 3.8) is 0 Å². The Morgan fingerprint density at radius 1 is 0.966 bits per heavy atom. The Hall–Kier alpha value is -3.02. The minimum absolute atomic E-state index is 0. The third-order valence-corrected chi connectivity index (χ3v) is 4.89. The van der Waals surface area contributed by atoms with E-state index >= 15 is 0 Å². The Bertz CT molecular complexity index is 1140. The molecule has 29 heavy (non-hydrogen) atoms. The van der Waals surface area contributed by atoms with Gasteiger partial charge in [-0.1, -0.05) is 17.9 Å². The molecular weight excluding hydrogens is 409 g/mol. The van der Waals surface area contributed by atoms with Crippen LogP contribution < -0.4 is 14.9 Å². The van der Waals surface area contributed by atoms with Crippen LogP contribution in [0.5, 0.6) is 5.75 Å². The van der Waals surface area contributed by atoms with Gasteiger partial charge in [-0.05, 0) is 54.1 Å². The van der Waals surface area contributed by atoms with Crippen LogP contribution in [0.25, 0.3) is 0 Å². The van der Waals surface area contributed by atoms with E-state index in [-0.39, 0.29) is 39.5 Å². The fourth-order valence-corrected chi connectivity index (χ4v) is 3.18. The van der Waals surface area contributed by atoms with Crippen molar-refractivity contribution in [3.05, 3.63) is 72.4 Å². The molecular formula is C18H12MgN4O5S. The van der Waals surface area contributed by atoms with E-state index in [9.17, 15) is 23.4 Å². The number of aromatic carboxylic acids is 1. The second-order valence-electron chi connectivity index (χ2n) is 5.48. The molecule has 0 spiro atoms. The van der Waals surface area contributed by atoms with Gasteiger partial charge in [-0.25, -0.2) is 13.4 Å². The number of carboxylic acid groups (broad SMARTS) is 1. The number of benzene rings is 2. The number of anilines is 1. The Labute approximate surface area is 182 Å². The molecule has 3 aromatic rings. The second kappa shape index (κ2) is 9.45. The predicted octanol–water partition coefficient (Wildman–Crippen LogP) is 1.35. The first kappa shape index (κ1) is 22.3. The van der Waals surface area contributed by atoms with Crippen molar-refractivity contribution in [1.29, 1.82) is 0 Å². The molecule has 0 atom stereocenters. The molecule has 0 unspecified atom stereocenters. The van der Waals surface area contributed by atoms with Gasteiger partial charge in [0.2, 0.25) is 0 Å². The van der Waals surface area contributed by atoms with Crippen molar-refractivity contribution in [3.8, 4) is 5.75 Å². The summed E-state index contributed by atoms with van der Waals surface area (Å²) in [5, 5.41) is 30.0. The number of rotatable bonds is 6. The van der Waals surface area contributed by atoms with Gasteiger partial charge in [-0.2, -0.15) is 10.2 Å². The topological polar surface area (TPSA) is 147 Å². The Balaban J connectivity index is 0.00000300. The average Bonchev–Trinajstić information content (AvgIpc) is 2.68. The van der Waals surface area contributed by atoms with Crippen molar-refractivity contribution in [2.75, 3.05) is 4.72 Å². The quantitative estimate of drug-likeness (QED) is 0.470. The first-order valence-corrected chi connectivity index (χ1v) is 9.31. The zero-order chi connectivity index (χ0) is 20.1. The largest absolute Gasteiger partial charge is 2.00 e. The number of nitrogens with one attached hydrogen (secondary N) is 1. The summed E-state index contributed by atoms with van der Waals surface area (Å²) in [5.74, 6) is -2.09. The molecule has 0 bridgehead atoms. The summed E-state index contributed by atoms with van der Waals surface area (Å²) in [4.78, 5) is 14.8. The molecule has 3 rings (SSSR count). The minimum Gasteiger partial charge on any atom is -0.872 e. The number of pyridine rings is 1. The van der Waals surface area contributed by atoms with Crippen molar-refractivity contribution in [2.24, 2.45) is 10.2 Å². The number of aromatic nitrogens is 1. The number of sulfonamides is 1. The zero-order valence-corrected chi connectivity index (χ0v) is 17.1. The van der Waals surface area contributed by atoms with Gasteiger partial charge < -0.3 is 15.0 Å². The van der Waals surface area contributed by atoms with Crippen molar-refractivity contribution >= 4 is 56.2 Å². The van der Waals surface area contributed by atoms with Crippen LogP contribution in [-0.2, 0) is 10.0 Å². The summed E-state index contributed by atoms with van der Waals surface area (Å²) in [7, 11) is -3.81. The second-order valence-corrected chi connectivity index (χ2v) is 7.16. The van der Waals surface area contributed by atoms with Crippen LogP contribution >= 0.6 is 0 Å². The van der Waals surface area contributed by atoms with E-state index in [0.717, 1.165) is 12.1 Å². The smallest absolute Gasteiger partial charge is 0.872 e. The van der Waals surface area contributed by atoms with Gasteiger partial charge in [0.25, 0.3) is 10.0 Å². The molecule has 1 heterocycles. The van der Waals surface area contributed by atoms with Crippen LogP contribution in [0, 0.1) is 0 Å². The fourth-order valence-electron chi connectivity index (χ4n) is 2.17. The van der Waals surface area contributed by atoms with Crippen molar-refractivity contribution in [2.45, 2.75) is 4.90 Å². The third kappa shape index (κ3) is 5.73. The molecule has 0 saturated carbocycles. The van der Waals surface area contributed by atoms with E-state index in [2.05, 4.69) is 19.9 Å². The molecule has 142 valence electrons. The maximum Gasteiger partial charge on any atom is 2.00 e. The van der Waals surface area contributed by atoms with E-state index in [1.165, 1.54) is 42.6 Å². The average molecular weight is 421 g/mol. The van der Waals surface area contributed by atoms with E-state index < -0.39 is 27.3 Å². The fraction of sp³-hybridized carbons (Fsp3) is 0. The van der Waals surface area contributed by atoms with Crippen LogP contribution in [-0.4, -0.2) is 42.4 Å². The number of carbonyl (C=O) groups is 1. The summed E-state index contributed by atoms with van der Waals surface area (Å²) in [6.45, 7) is 0. The Morgan fingerprint density at radius 3 is 2.24 bits per heavy atom.